The largest absolute Gasteiger partial charge is 0.494 e. The highest BCUT2D eigenvalue weighted by Gasteiger charge is 2.09. The van der Waals surface area contributed by atoms with E-state index in [2.05, 4.69) is 13.5 Å². The van der Waals surface area contributed by atoms with Gasteiger partial charge in [0.2, 0.25) is 0 Å². The van der Waals surface area contributed by atoms with E-state index >= 15 is 0 Å². The summed E-state index contributed by atoms with van der Waals surface area (Å²) >= 11 is 0. The quantitative estimate of drug-likeness (QED) is 0.114. The van der Waals surface area contributed by atoms with Crippen LogP contribution in [-0.2, 0) is 16.0 Å². The Hall–Kier alpha value is -3.08. The van der Waals surface area contributed by atoms with Crippen molar-refractivity contribution in [3.63, 3.8) is 0 Å². The van der Waals surface area contributed by atoms with Crippen LogP contribution >= 0.6 is 0 Å². The average molecular weight is 467 g/mol. The molecule has 2 aromatic rings. The van der Waals surface area contributed by atoms with E-state index in [0.29, 0.717) is 30.1 Å². The number of benzene rings is 2. The van der Waals surface area contributed by atoms with Gasteiger partial charge in [0.15, 0.2) is 0 Å². The normalized spacial score (nSPS) is 10.5. The van der Waals surface area contributed by atoms with Crippen LogP contribution in [0.2, 0.25) is 0 Å². The van der Waals surface area contributed by atoms with Crippen molar-refractivity contribution in [2.75, 3.05) is 13.2 Å². The van der Waals surface area contributed by atoms with Gasteiger partial charge in [-0.3, -0.25) is 0 Å². The lowest BCUT2D eigenvalue weighted by atomic mass is 10.1. The number of hydrogen-bond acceptors (Lipinski definition) is 5. The Morgan fingerprint density at radius 3 is 2.03 bits per heavy atom. The highest BCUT2D eigenvalue weighted by molar-refractivity contribution is 5.91. The van der Waals surface area contributed by atoms with Crippen LogP contribution in [0.15, 0.2) is 60.7 Å². The number of esters is 2. The van der Waals surface area contributed by atoms with Crippen LogP contribution in [0.5, 0.6) is 11.5 Å². The first-order chi connectivity index (χ1) is 16.5. The number of ether oxygens (including phenoxy) is 3. The van der Waals surface area contributed by atoms with Crippen LogP contribution in [0.25, 0.3) is 0 Å². The number of rotatable bonds is 16. The van der Waals surface area contributed by atoms with Crippen molar-refractivity contribution in [3.05, 3.63) is 71.8 Å². The molecule has 0 saturated heterocycles. The van der Waals surface area contributed by atoms with Crippen LogP contribution < -0.4 is 9.47 Å². The van der Waals surface area contributed by atoms with Gasteiger partial charge in [-0.05, 0) is 87.4 Å². The van der Waals surface area contributed by atoms with Crippen LogP contribution in [0, 0.1) is 0 Å². The molecule has 0 fully saturated rings. The number of aryl methyl sites for hydroxylation is 1. The zero-order valence-electron chi connectivity index (χ0n) is 20.6. The molecule has 2 aromatic carbocycles. The Balaban J connectivity index is 1.63. The standard InChI is InChI=1S/C29H38O5/c1-4-5-6-9-12-24-13-17-27(18-14-24)34-29(31)25-15-19-26(20-16-25)32-21-10-7-8-11-22-33-28(30)23(2)3/h13-20H,2,4-12,21-22H2,1,3H3. The Labute approximate surface area is 204 Å². The summed E-state index contributed by atoms with van der Waals surface area (Å²) in [7, 11) is 0. The van der Waals surface area contributed by atoms with Crippen molar-refractivity contribution in [2.45, 2.75) is 71.6 Å². The van der Waals surface area contributed by atoms with Crippen LogP contribution in [0.1, 0.15) is 81.1 Å². The van der Waals surface area contributed by atoms with Crippen molar-refractivity contribution in [1.82, 2.24) is 0 Å². The summed E-state index contributed by atoms with van der Waals surface area (Å²) in [5.41, 5.74) is 2.18. The number of carbonyl (C=O) groups excluding carboxylic acids is 2. The molecule has 0 spiro atoms. The van der Waals surface area contributed by atoms with E-state index in [9.17, 15) is 9.59 Å². The van der Waals surface area contributed by atoms with Gasteiger partial charge in [-0.15, -0.1) is 0 Å². The molecule has 0 aliphatic heterocycles. The van der Waals surface area contributed by atoms with Gasteiger partial charge >= 0.3 is 11.9 Å². The molecule has 5 nitrogen and oxygen atoms in total. The third-order valence-electron chi connectivity index (χ3n) is 5.43. The predicted molar refractivity (Wildman–Crippen MR) is 135 cm³/mol. The Morgan fingerprint density at radius 2 is 1.38 bits per heavy atom. The molecule has 0 aliphatic carbocycles. The smallest absolute Gasteiger partial charge is 0.343 e. The first-order valence-electron chi connectivity index (χ1n) is 12.4. The molecule has 184 valence electrons. The van der Waals surface area contributed by atoms with E-state index < -0.39 is 0 Å². The van der Waals surface area contributed by atoms with Crippen molar-refractivity contribution >= 4 is 11.9 Å². The third-order valence-corrected chi connectivity index (χ3v) is 5.43. The molecule has 0 aliphatic rings. The van der Waals surface area contributed by atoms with Gasteiger partial charge in [0, 0.05) is 5.57 Å². The van der Waals surface area contributed by atoms with E-state index in [1.165, 1.54) is 31.2 Å². The fourth-order valence-electron chi connectivity index (χ4n) is 3.37. The molecule has 0 aromatic heterocycles. The lowest BCUT2D eigenvalue weighted by Gasteiger charge is -2.08. The molecule has 0 N–H and O–H groups in total. The lowest BCUT2D eigenvalue weighted by molar-refractivity contribution is -0.139. The highest BCUT2D eigenvalue weighted by Crippen LogP contribution is 2.18. The molecular formula is C29H38O5. The van der Waals surface area contributed by atoms with Crippen molar-refractivity contribution in [3.8, 4) is 11.5 Å². The number of unbranched alkanes of at least 4 members (excludes halogenated alkanes) is 6. The second-order valence-corrected chi connectivity index (χ2v) is 8.55. The third kappa shape index (κ3) is 10.7. The Kier molecular flexibility index (Phi) is 12.5. The van der Waals surface area contributed by atoms with Crippen LogP contribution in [-0.4, -0.2) is 25.2 Å². The molecule has 0 atom stereocenters. The fraction of sp³-hybridized carbons (Fsp3) is 0.448. The fourth-order valence-corrected chi connectivity index (χ4v) is 3.37. The lowest BCUT2D eigenvalue weighted by Crippen LogP contribution is -2.08. The van der Waals surface area contributed by atoms with Gasteiger partial charge in [-0.25, -0.2) is 9.59 Å². The second kappa shape index (κ2) is 15.7. The van der Waals surface area contributed by atoms with Gasteiger partial charge in [0.25, 0.3) is 0 Å². The minimum Gasteiger partial charge on any atom is -0.494 e. The minimum atomic E-state index is -0.380. The molecule has 0 bridgehead atoms. The topological polar surface area (TPSA) is 61.8 Å². The van der Waals surface area contributed by atoms with Gasteiger partial charge in [0.05, 0.1) is 18.8 Å². The van der Waals surface area contributed by atoms with Gasteiger partial charge in [-0.2, -0.15) is 0 Å². The zero-order valence-corrected chi connectivity index (χ0v) is 20.6. The molecule has 0 heterocycles. The van der Waals surface area contributed by atoms with Crippen LogP contribution in [0.4, 0.5) is 0 Å². The van der Waals surface area contributed by atoms with E-state index in [1.807, 2.05) is 24.3 Å². The number of hydrogen-bond donors (Lipinski definition) is 0. The van der Waals surface area contributed by atoms with E-state index in [4.69, 9.17) is 14.2 Å². The molecule has 0 radical (unpaired) electrons. The SMILES string of the molecule is C=C(C)C(=O)OCCCCCCOc1ccc(C(=O)Oc2ccc(CCCCCC)cc2)cc1. The van der Waals surface area contributed by atoms with Crippen molar-refractivity contribution in [2.24, 2.45) is 0 Å². The summed E-state index contributed by atoms with van der Waals surface area (Å²) in [6.07, 6.45) is 9.71. The zero-order chi connectivity index (χ0) is 24.6. The molecular weight excluding hydrogens is 428 g/mol. The Bertz CT molecular complexity index is 884. The summed E-state index contributed by atoms with van der Waals surface area (Å²) in [4.78, 5) is 23.7. The first kappa shape index (κ1) is 27.2. The second-order valence-electron chi connectivity index (χ2n) is 8.55. The molecule has 5 heteroatoms. The van der Waals surface area contributed by atoms with Crippen molar-refractivity contribution < 1.29 is 23.8 Å². The van der Waals surface area contributed by atoms with Crippen molar-refractivity contribution in [1.29, 1.82) is 0 Å². The van der Waals surface area contributed by atoms with Crippen LogP contribution in [0.3, 0.4) is 0 Å². The predicted octanol–water partition coefficient (Wildman–Crippen LogP) is 7.09. The summed E-state index contributed by atoms with van der Waals surface area (Å²) < 4.78 is 16.3. The molecule has 0 saturated carbocycles. The van der Waals surface area contributed by atoms with Gasteiger partial charge in [0.1, 0.15) is 11.5 Å². The summed E-state index contributed by atoms with van der Waals surface area (Å²) in [6.45, 7) is 8.43. The average Bonchev–Trinajstić information content (AvgIpc) is 2.84. The monoisotopic (exact) mass is 466 g/mol. The molecule has 0 amide bonds. The summed E-state index contributed by atoms with van der Waals surface area (Å²) in [5.74, 6) is 0.563. The molecule has 2 rings (SSSR count). The maximum absolute atomic E-state index is 12.4. The van der Waals surface area contributed by atoms with Gasteiger partial charge in [-0.1, -0.05) is 44.9 Å². The van der Waals surface area contributed by atoms with Gasteiger partial charge < -0.3 is 14.2 Å². The number of carbonyl (C=O) groups is 2. The maximum Gasteiger partial charge on any atom is 0.343 e. The highest BCUT2D eigenvalue weighted by atomic mass is 16.5. The maximum atomic E-state index is 12.4. The van der Waals surface area contributed by atoms with E-state index in [1.54, 1.807) is 31.2 Å². The van der Waals surface area contributed by atoms with E-state index in [0.717, 1.165) is 37.9 Å². The minimum absolute atomic E-state index is 0.332. The molecule has 34 heavy (non-hydrogen) atoms. The van der Waals surface area contributed by atoms with E-state index in [-0.39, 0.29) is 11.9 Å². The summed E-state index contributed by atoms with van der Waals surface area (Å²) in [5, 5.41) is 0. The molecule has 0 unspecified atom stereocenters. The first-order valence-corrected chi connectivity index (χ1v) is 12.4. The Morgan fingerprint density at radius 1 is 0.765 bits per heavy atom. The summed E-state index contributed by atoms with van der Waals surface area (Å²) in [6, 6.07) is 14.8.